The Morgan fingerprint density at radius 1 is 1.15 bits per heavy atom. The van der Waals surface area contributed by atoms with Crippen molar-refractivity contribution < 1.29 is 8.42 Å². The van der Waals surface area contributed by atoms with E-state index in [1.54, 1.807) is 26.2 Å². The molecular weight excluding hydrogens is 272 g/mol. The summed E-state index contributed by atoms with van der Waals surface area (Å²) in [6.07, 6.45) is 2.28. The van der Waals surface area contributed by atoms with Crippen molar-refractivity contribution in [2.75, 3.05) is 20.6 Å². The molecule has 4 nitrogen and oxygen atoms in total. The van der Waals surface area contributed by atoms with Crippen molar-refractivity contribution >= 4 is 10.0 Å². The van der Waals surface area contributed by atoms with Crippen molar-refractivity contribution in [3.63, 3.8) is 0 Å². The highest BCUT2D eigenvalue weighted by molar-refractivity contribution is 7.89. The summed E-state index contributed by atoms with van der Waals surface area (Å²) in [4.78, 5) is 0.391. The van der Waals surface area contributed by atoms with E-state index >= 15 is 0 Å². The SMILES string of the molecule is CCC(CC)CNCc1ccccc1S(=O)(=O)N(C)C. The molecule has 0 bridgehead atoms. The molecule has 1 rings (SSSR count). The molecule has 0 fully saturated rings. The van der Waals surface area contributed by atoms with Crippen LogP contribution in [0.25, 0.3) is 0 Å². The fraction of sp³-hybridized carbons (Fsp3) is 0.600. The molecule has 0 aliphatic heterocycles. The number of benzene rings is 1. The molecule has 0 saturated carbocycles. The fourth-order valence-corrected chi connectivity index (χ4v) is 3.20. The predicted molar refractivity (Wildman–Crippen MR) is 83.1 cm³/mol. The standard InChI is InChI=1S/C15H26N2O2S/c1-5-13(6-2)11-16-12-14-9-7-8-10-15(14)20(18,19)17(3)4/h7-10,13,16H,5-6,11-12H2,1-4H3. The van der Waals surface area contributed by atoms with Crippen LogP contribution in [0, 0.1) is 5.92 Å². The van der Waals surface area contributed by atoms with Gasteiger partial charge in [0.2, 0.25) is 10.0 Å². The van der Waals surface area contributed by atoms with Gasteiger partial charge in [-0.2, -0.15) is 0 Å². The zero-order valence-corrected chi connectivity index (χ0v) is 13.7. The first-order valence-corrected chi connectivity index (χ1v) is 8.58. The van der Waals surface area contributed by atoms with Gasteiger partial charge in [-0.05, 0) is 24.1 Å². The van der Waals surface area contributed by atoms with Gasteiger partial charge in [-0.25, -0.2) is 12.7 Å². The van der Waals surface area contributed by atoms with Gasteiger partial charge in [0.25, 0.3) is 0 Å². The second-order valence-corrected chi connectivity index (χ2v) is 7.33. The highest BCUT2D eigenvalue weighted by atomic mass is 32.2. The monoisotopic (exact) mass is 298 g/mol. The van der Waals surface area contributed by atoms with Crippen LogP contribution in [-0.2, 0) is 16.6 Å². The zero-order valence-electron chi connectivity index (χ0n) is 12.9. The first-order valence-electron chi connectivity index (χ1n) is 7.14. The van der Waals surface area contributed by atoms with Gasteiger partial charge in [0.1, 0.15) is 0 Å². The molecule has 20 heavy (non-hydrogen) atoms. The summed E-state index contributed by atoms with van der Waals surface area (Å²) >= 11 is 0. The Kier molecular flexibility index (Phi) is 6.65. The maximum absolute atomic E-state index is 12.3. The number of hydrogen-bond acceptors (Lipinski definition) is 3. The molecule has 0 radical (unpaired) electrons. The summed E-state index contributed by atoms with van der Waals surface area (Å²) in [6, 6.07) is 7.18. The van der Waals surface area contributed by atoms with E-state index in [2.05, 4.69) is 19.2 Å². The van der Waals surface area contributed by atoms with Crippen LogP contribution < -0.4 is 5.32 Å². The van der Waals surface area contributed by atoms with Gasteiger partial charge in [0.15, 0.2) is 0 Å². The normalized spacial score (nSPS) is 12.3. The van der Waals surface area contributed by atoms with Crippen LogP contribution in [0.3, 0.4) is 0 Å². The third-order valence-corrected chi connectivity index (χ3v) is 5.55. The molecule has 0 aliphatic carbocycles. The van der Waals surface area contributed by atoms with Gasteiger partial charge in [-0.1, -0.05) is 44.9 Å². The van der Waals surface area contributed by atoms with Crippen molar-refractivity contribution in [1.82, 2.24) is 9.62 Å². The van der Waals surface area contributed by atoms with Gasteiger partial charge in [-0.15, -0.1) is 0 Å². The van der Waals surface area contributed by atoms with Gasteiger partial charge in [0, 0.05) is 20.6 Å². The predicted octanol–water partition coefficient (Wildman–Crippen LogP) is 2.46. The molecule has 0 heterocycles. The van der Waals surface area contributed by atoms with Gasteiger partial charge in [-0.3, -0.25) is 0 Å². The largest absolute Gasteiger partial charge is 0.312 e. The summed E-state index contributed by atoms with van der Waals surface area (Å²) in [5, 5.41) is 3.37. The van der Waals surface area contributed by atoms with Crippen LogP contribution in [0.4, 0.5) is 0 Å². The fourth-order valence-electron chi connectivity index (χ4n) is 2.09. The topological polar surface area (TPSA) is 49.4 Å². The van der Waals surface area contributed by atoms with Gasteiger partial charge in [0.05, 0.1) is 4.90 Å². The Hall–Kier alpha value is -0.910. The minimum absolute atomic E-state index is 0.391. The summed E-state index contributed by atoms with van der Waals surface area (Å²) < 4.78 is 25.8. The van der Waals surface area contributed by atoms with Crippen molar-refractivity contribution in [3.05, 3.63) is 29.8 Å². The van der Waals surface area contributed by atoms with Crippen molar-refractivity contribution in [1.29, 1.82) is 0 Å². The number of nitrogens with one attached hydrogen (secondary N) is 1. The Bertz CT molecular complexity index is 508. The molecule has 0 aliphatic rings. The van der Waals surface area contributed by atoms with Crippen LogP contribution in [0.2, 0.25) is 0 Å². The second kappa shape index (κ2) is 7.76. The molecule has 0 aromatic heterocycles. The van der Waals surface area contributed by atoms with Crippen molar-refractivity contribution in [3.8, 4) is 0 Å². The molecule has 0 saturated heterocycles. The second-order valence-electron chi connectivity index (χ2n) is 5.21. The summed E-state index contributed by atoms with van der Waals surface area (Å²) in [5.41, 5.74) is 0.826. The zero-order chi connectivity index (χ0) is 15.2. The van der Waals surface area contributed by atoms with Crippen LogP contribution in [-0.4, -0.2) is 33.4 Å². The highest BCUT2D eigenvalue weighted by Crippen LogP contribution is 2.18. The quantitative estimate of drug-likeness (QED) is 0.802. The van der Waals surface area contributed by atoms with E-state index in [9.17, 15) is 8.42 Å². The molecule has 1 aromatic rings. The average Bonchev–Trinajstić information content (AvgIpc) is 2.44. The Morgan fingerprint density at radius 3 is 2.30 bits per heavy atom. The van der Waals surface area contributed by atoms with E-state index in [-0.39, 0.29) is 0 Å². The van der Waals surface area contributed by atoms with E-state index < -0.39 is 10.0 Å². The Balaban J connectivity index is 2.82. The lowest BCUT2D eigenvalue weighted by molar-refractivity contribution is 0.448. The number of rotatable bonds is 8. The van der Waals surface area contributed by atoms with Crippen LogP contribution in [0.15, 0.2) is 29.2 Å². The summed E-state index contributed by atoms with van der Waals surface area (Å²) in [6.45, 7) is 5.86. The van der Waals surface area contributed by atoms with E-state index in [0.717, 1.165) is 24.9 Å². The lowest BCUT2D eigenvalue weighted by atomic mass is 10.0. The first-order chi connectivity index (χ1) is 9.43. The third-order valence-electron chi connectivity index (χ3n) is 3.63. The molecule has 0 atom stereocenters. The number of nitrogens with zero attached hydrogens (tertiary/aromatic N) is 1. The van der Waals surface area contributed by atoms with Crippen LogP contribution in [0.1, 0.15) is 32.3 Å². The molecule has 1 aromatic carbocycles. The average molecular weight is 298 g/mol. The smallest absolute Gasteiger partial charge is 0.242 e. The van der Waals surface area contributed by atoms with Crippen LogP contribution >= 0.6 is 0 Å². The number of sulfonamides is 1. The number of hydrogen-bond donors (Lipinski definition) is 1. The summed E-state index contributed by atoms with van der Waals surface area (Å²) in [7, 11) is -0.257. The molecule has 0 unspecified atom stereocenters. The highest BCUT2D eigenvalue weighted by Gasteiger charge is 2.20. The van der Waals surface area contributed by atoms with E-state index in [1.165, 1.54) is 4.31 Å². The Morgan fingerprint density at radius 2 is 1.75 bits per heavy atom. The third kappa shape index (κ3) is 4.30. The van der Waals surface area contributed by atoms with Gasteiger partial charge < -0.3 is 5.32 Å². The molecule has 114 valence electrons. The van der Waals surface area contributed by atoms with Crippen LogP contribution in [0.5, 0.6) is 0 Å². The lowest BCUT2D eigenvalue weighted by Gasteiger charge is -2.17. The molecule has 0 amide bonds. The van der Waals surface area contributed by atoms with Gasteiger partial charge >= 0.3 is 0 Å². The molecule has 0 spiro atoms. The maximum atomic E-state index is 12.3. The lowest BCUT2D eigenvalue weighted by Crippen LogP contribution is -2.26. The van der Waals surface area contributed by atoms with Crippen molar-refractivity contribution in [2.24, 2.45) is 5.92 Å². The molecular formula is C15H26N2O2S. The molecule has 5 heteroatoms. The van der Waals surface area contributed by atoms with E-state index in [0.29, 0.717) is 17.4 Å². The van der Waals surface area contributed by atoms with E-state index in [4.69, 9.17) is 0 Å². The summed E-state index contributed by atoms with van der Waals surface area (Å²) in [5.74, 6) is 0.646. The van der Waals surface area contributed by atoms with E-state index in [1.807, 2.05) is 12.1 Å². The van der Waals surface area contributed by atoms with Crippen molar-refractivity contribution in [2.45, 2.75) is 38.1 Å². The Labute approximate surface area is 123 Å². The minimum atomic E-state index is -3.38. The minimum Gasteiger partial charge on any atom is -0.312 e. The molecule has 1 N–H and O–H groups in total. The maximum Gasteiger partial charge on any atom is 0.242 e. The first kappa shape index (κ1) is 17.1.